The molecule has 8 heteroatoms. The van der Waals surface area contributed by atoms with Crippen LogP contribution >= 0.6 is 0 Å². The van der Waals surface area contributed by atoms with Crippen molar-refractivity contribution in [3.05, 3.63) is 52.2 Å². The molecule has 0 radical (unpaired) electrons. The number of hydrogen-bond donors (Lipinski definition) is 2. The predicted molar refractivity (Wildman–Crippen MR) is 95.3 cm³/mol. The average molecular weight is 356 g/mol. The van der Waals surface area contributed by atoms with Gasteiger partial charge < -0.3 is 15.4 Å². The third kappa shape index (κ3) is 4.08. The molecule has 1 fully saturated rings. The van der Waals surface area contributed by atoms with Gasteiger partial charge >= 0.3 is 0 Å². The Hall–Kier alpha value is -3.16. The fraction of sp³-hybridized carbons (Fsp3) is 0.333. The molecule has 26 heavy (non-hydrogen) atoms. The monoisotopic (exact) mass is 356 g/mol. The molecule has 1 aromatic heterocycles. The first-order valence-corrected chi connectivity index (χ1v) is 8.27. The maximum atomic E-state index is 12.4. The number of benzene rings is 1. The van der Waals surface area contributed by atoms with Gasteiger partial charge in [-0.15, -0.1) is 0 Å². The van der Waals surface area contributed by atoms with Gasteiger partial charge in [0.25, 0.3) is 11.5 Å². The highest BCUT2D eigenvalue weighted by Gasteiger charge is 2.25. The van der Waals surface area contributed by atoms with Crippen molar-refractivity contribution in [2.45, 2.75) is 32.4 Å². The largest absolute Gasteiger partial charge is 0.495 e. The molecule has 2 amide bonds. The molecular formula is C18H20N4O4. The number of aryl methyl sites for hydroxylation is 1. The van der Waals surface area contributed by atoms with Crippen LogP contribution in [0.1, 0.15) is 28.8 Å². The number of rotatable bonds is 6. The molecule has 0 spiro atoms. The number of amides is 2. The Kier molecular flexibility index (Phi) is 5.01. The normalized spacial score (nSPS) is 13.2. The number of methoxy groups -OCH3 is 1. The number of nitrogens with zero attached hydrogens (tertiary/aromatic N) is 2. The van der Waals surface area contributed by atoms with Crippen molar-refractivity contribution < 1.29 is 14.3 Å². The van der Waals surface area contributed by atoms with E-state index in [-0.39, 0.29) is 18.2 Å². The highest BCUT2D eigenvalue weighted by Crippen LogP contribution is 2.25. The van der Waals surface area contributed by atoms with E-state index in [0.717, 1.165) is 23.0 Å². The number of carbonyl (C=O) groups excluding carboxylic acids is 2. The van der Waals surface area contributed by atoms with Crippen LogP contribution in [0.15, 0.2) is 35.5 Å². The molecule has 0 unspecified atom stereocenters. The molecule has 1 heterocycles. The number of carbonyl (C=O) groups is 2. The molecule has 2 N–H and O–H groups in total. The molecule has 8 nitrogen and oxygen atoms in total. The predicted octanol–water partition coefficient (Wildman–Crippen LogP) is 1.09. The number of aromatic nitrogens is 2. The van der Waals surface area contributed by atoms with Gasteiger partial charge in [-0.3, -0.25) is 19.0 Å². The van der Waals surface area contributed by atoms with Crippen LogP contribution < -0.4 is 20.9 Å². The highest BCUT2D eigenvalue weighted by molar-refractivity contribution is 5.94. The van der Waals surface area contributed by atoms with Gasteiger partial charge in [0.1, 0.15) is 17.9 Å². The van der Waals surface area contributed by atoms with Crippen LogP contribution in [0.3, 0.4) is 0 Å². The number of anilines is 1. The van der Waals surface area contributed by atoms with E-state index in [1.54, 1.807) is 12.1 Å². The zero-order valence-electron chi connectivity index (χ0n) is 14.6. The minimum absolute atomic E-state index is 0.0691. The van der Waals surface area contributed by atoms with Gasteiger partial charge in [0.15, 0.2) is 0 Å². The summed E-state index contributed by atoms with van der Waals surface area (Å²) < 4.78 is 6.33. The molecule has 0 aliphatic heterocycles. The van der Waals surface area contributed by atoms with Crippen LogP contribution in [0.4, 0.5) is 5.69 Å². The first-order chi connectivity index (χ1) is 12.5. The second-order valence-corrected chi connectivity index (χ2v) is 6.24. The molecule has 0 bridgehead atoms. The molecule has 1 aliphatic carbocycles. The maximum Gasteiger partial charge on any atom is 0.266 e. The van der Waals surface area contributed by atoms with E-state index in [2.05, 4.69) is 15.6 Å². The minimum atomic E-state index is -0.551. The molecule has 136 valence electrons. The molecule has 0 saturated heterocycles. The number of nitrogens with one attached hydrogen (secondary N) is 2. The second-order valence-electron chi connectivity index (χ2n) is 6.24. The molecule has 3 rings (SSSR count). The van der Waals surface area contributed by atoms with Crippen LogP contribution in [0.2, 0.25) is 0 Å². The average Bonchev–Trinajstić information content (AvgIpc) is 3.41. The van der Waals surface area contributed by atoms with Gasteiger partial charge in [-0.25, -0.2) is 4.98 Å². The van der Waals surface area contributed by atoms with E-state index in [1.165, 1.54) is 19.6 Å². The molecule has 1 saturated carbocycles. The summed E-state index contributed by atoms with van der Waals surface area (Å²) >= 11 is 0. The van der Waals surface area contributed by atoms with Crippen molar-refractivity contribution in [1.29, 1.82) is 0 Å². The summed E-state index contributed by atoms with van der Waals surface area (Å²) in [5, 5.41) is 5.46. The smallest absolute Gasteiger partial charge is 0.266 e. The lowest BCUT2D eigenvalue weighted by atomic mass is 10.2. The van der Waals surface area contributed by atoms with Gasteiger partial charge in [0.2, 0.25) is 5.91 Å². The van der Waals surface area contributed by atoms with E-state index < -0.39 is 17.4 Å². The molecule has 1 aliphatic rings. The Morgan fingerprint density at radius 2 is 2.12 bits per heavy atom. The highest BCUT2D eigenvalue weighted by atomic mass is 16.5. The minimum Gasteiger partial charge on any atom is -0.495 e. The summed E-state index contributed by atoms with van der Waals surface area (Å²) in [4.78, 5) is 40.7. The summed E-state index contributed by atoms with van der Waals surface area (Å²) in [7, 11) is 1.51. The lowest BCUT2D eigenvalue weighted by molar-refractivity contribution is -0.116. The third-order valence-electron chi connectivity index (χ3n) is 4.00. The quantitative estimate of drug-likeness (QED) is 0.807. The van der Waals surface area contributed by atoms with E-state index in [9.17, 15) is 14.4 Å². The number of hydrogen-bond acceptors (Lipinski definition) is 5. The lowest BCUT2D eigenvalue weighted by Gasteiger charge is -2.12. The van der Waals surface area contributed by atoms with E-state index in [1.807, 2.05) is 13.0 Å². The van der Waals surface area contributed by atoms with Crippen molar-refractivity contribution >= 4 is 17.5 Å². The van der Waals surface area contributed by atoms with Gasteiger partial charge in [-0.05, 0) is 37.5 Å². The zero-order chi connectivity index (χ0) is 18.7. The summed E-state index contributed by atoms with van der Waals surface area (Å²) in [5.74, 6) is -0.357. The molecular weight excluding hydrogens is 336 g/mol. The van der Waals surface area contributed by atoms with Crippen molar-refractivity contribution in [3.8, 4) is 5.75 Å². The van der Waals surface area contributed by atoms with Crippen LogP contribution in [0.25, 0.3) is 0 Å². The van der Waals surface area contributed by atoms with Crippen LogP contribution in [0.5, 0.6) is 5.75 Å². The Balaban J connectivity index is 1.74. The Morgan fingerprint density at radius 3 is 2.81 bits per heavy atom. The van der Waals surface area contributed by atoms with Crippen LogP contribution in [-0.4, -0.2) is 34.5 Å². The lowest BCUT2D eigenvalue weighted by Crippen LogP contribution is -2.36. The van der Waals surface area contributed by atoms with Gasteiger partial charge in [0, 0.05) is 12.2 Å². The van der Waals surface area contributed by atoms with Crippen molar-refractivity contribution in [1.82, 2.24) is 14.9 Å². The first-order valence-electron chi connectivity index (χ1n) is 8.27. The Morgan fingerprint density at radius 1 is 1.35 bits per heavy atom. The fourth-order valence-corrected chi connectivity index (χ4v) is 2.47. The topological polar surface area (TPSA) is 102 Å². The Bertz CT molecular complexity index is 902. The second kappa shape index (κ2) is 7.38. The number of ether oxygens (including phenoxy) is 1. The first kappa shape index (κ1) is 17.7. The van der Waals surface area contributed by atoms with Crippen LogP contribution in [0, 0.1) is 6.92 Å². The summed E-state index contributed by atoms with van der Waals surface area (Å²) in [6.07, 6.45) is 4.29. The summed E-state index contributed by atoms with van der Waals surface area (Å²) in [5.41, 5.74) is 0.852. The Labute approximate surface area is 150 Å². The van der Waals surface area contributed by atoms with E-state index in [0.29, 0.717) is 11.4 Å². The van der Waals surface area contributed by atoms with Gasteiger partial charge in [-0.1, -0.05) is 6.07 Å². The van der Waals surface area contributed by atoms with E-state index >= 15 is 0 Å². The van der Waals surface area contributed by atoms with Crippen molar-refractivity contribution in [3.63, 3.8) is 0 Å². The van der Waals surface area contributed by atoms with Gasteiger partial charge in [0.05, 0.1) is 19.1 Å². The van der Waals surface area contributed by atoms with Gasteiger partial charge in [-0.2, -0.15) is 0 Å². The standard InChI is InChI=1S/C18H20N4O4/c1-11-3-6-15(26-2)14(7-11)21-16(23)9-22-10-19-8-13(18(22)25)17(24)20-12-4-5-12/h3,6-8,10,12H,4-5,9H2,1-2H3,(H,20,24)(H,21,23). The maximum absolute atomic E-state index is 12.4. The van der Waals surface area contributed by atoms with Crippen molar-refractivity contribution in [2.75, 3.05) is 12.4 Å². The van der Waals surface area contributed by atoms with Crippen molar-refractivity contribution in [2.24, 2.45) is 0 Å². The third-order valence-corrected chi connectivity index (χ3v) is 4.00. The van der Waals surface area contributed by atoms with Crippen LogP contribution in [-0.2, 0) is 11.3 Å². The molecule has 0 atom stereocenters. The van der Waals surface area contributed by atoms with E-state index in [4.69, 9.17) is 4.74 Å². The fourth-order valence-electron chi connectivity index (χ4n) is 2.47. The summed E-state index contributed by atoms with van der Waals surface area (Å²) in [6.45, 7) is 1.64. The SMILES string of the molecule is COc1ccc(C)cc1NC(=O)Cn1cncc(C(=O)NC2CC2)c1=O. The molecule has 2 aromatic rings. The zero-order valence-corrected chi connectivity index (χ0v) is 14.6. The molecule has 1 aromatic carbocycles. The summed E-state index contributed by atoms with van der Waals surface area (Å²) in [6, 6.07) is 5.52.